The lowest BCUT2D eigenvalue weighted by molar-refractivity contribution is -0.904. The van der Waals surface area contributed by atoms with Crippen LogP contribution in [0, 0.1) is 11.3 Å². The number of nitrogens with one attached hydrogen (secondary N) is 2. The van der Waals surface area contributed by atoms with Crippen molar-refractivity contribution in [2.24, 2.45) is 0 Å². The van der Waals surface area contributed by atoms with Crippen LogP contribution >= 0.6 is 0 Å². The van der Waals surface area contributed by atoms with Gasteiger partial charge < -0.3 is 9.22 Å². The number of carbonyl (C=O) groups is 1. The normalized spacial score (nSPS) is 15.2. The van der Waals surface area contributed by atoms with Crippen molar-refractivity contribution in [3.63, 3.8) is 0 Å². The van der Waals surface area contributed by atoms with Gasteiger partial charge in [0.15, 0.2) is 0 Å². The molecule has 3 heterocycles. The van der Waals surface area contributed by atoms with E-state index in [4.69, 9.17) is 4.74 Å². The number of carbonyl (C=O) groups excluding carboxylic acids is 1. The number of halogens is 3. The van der Waals surface area contributed by atoms with Crippen LogP contribution in [-0.2, 0) is 28.7 Å². The number of nitriles is 1. The first-order valence-corrected chi connectivity index (χ1v) is 13.3. The Morgan fingerprint density at radius 2 is 1.95 bits per heavy atom. The molecule has 0 spiro atoms. The molecule has 0 fully saturated rings. The van der Waals surface area contributed by atoms with E-state index in [0.717, 1.165) is 12.1 Å². The number of aromatic nitrogens is 7. The van der Waals surface area contributed by atoms with Crippen molar-refractivity contribution in [2.45, 2.75) is 32.1 Å². The van der Waals surface area contributed by atoms with Gasteiger partial charge in [0, 0.05) is 17.8 Å². The Balaban J connectivity index is 1.66. The van der Waals surface area contributed by atoms with Crippen LogP contribution in [0.4, 0.5) is 24.8 Å². The molecule has 2 N–H and O–H groups in total. The van der Waals surface area contributed by atoms with Gasteiger partial charge in [-0.2, -0.15) is 23.6 Å². The number of esters is 1. The molecule has 4 aromatic rings. The van der Waals surface area contributed by atoms with E-state index < -0.39 is 29.4 Å². The Kier molecular flexibility index (Phi) is 7.83. The lowest BCUT2D eigenvalue weighted by atomic mass is 9.89. The van der Waals surface area contributed by atoms with E-state index in [1.165, 1.54) is 28.7 Å². The largest absolute Gasteiger partial charge is 0.466 e. The number of likely N-dealkylation sites (N-methyl/N-ethyl adjacent to an activating group) is 1. The Hall–Kier alpha value is -5.30. The molecule has 44 heavy (non-hydrogen) atoms. The number of ether oxygens (including phenoxy) is 1. The van der Waals surface area contributed by atoms with Crippen molar-refractivity contribution in [3.8, 4) is 6.07 Å². The van der Waals surface area contributed by atoms with Crippen molar-refractivity contribution >= 4 is 17.6 Å². The predicted molar refractivity (Wildman–Crippen MR) is 149 cm³/mol. The number of rotatable bonds is 8. The Morgan fingerprint density at radius 3 is 2.61 bits per heavy atom. The zero-order valence-corrected chi connectivity index (χ0v) is 24.2. The van der Waals surface area contributed by atoms with E-state index in [-0.39, 0.29) is 22.9 Å². The molecule has 2 aromatic carbocycles. The van der Waals surface area contributed by atoms with Gasteiger partial charge in [0.05, 0.1) is 50.5 Å². The maximum Gasteiger partial charge on any atom is 0.416 e. The van der Waals surface area contributed by atoms with Crippen LogP contribution in [0.25, 0.3) is 0 Å². The van der Waals surface area contributed by atoms with Crippen molar-refractivity contribution < 1.29 is 27.2 Å². The molecule has 1 aliphatic rings. The third kappa shape index (κ3) is 5.69. The van der Waals surface area contributed by atoms with E-state index >= 15 is 0 Å². The van der Waals surface area contributed by atoms with Crippen molar-refractivity contribution in [3.05, 3.63) is 92.3 Å². The van der Waals surface area contributed by atoms with Gasteiger partial charge in [0.2, 0.25) is 11.8 Å². The average molecular weight is 610 g/mol. The number of tetrazole rings is 1. The summed E-state index contributed by atoms with van der Waals surface area (Å²) in [6.45, 7) is 2.55. The van der Waals surface area contributed by atoms with E-state index in [1.807, 2.05) is 14.1 Å². The third-order valence-corrected chi connectivity index (χ3v) is 7.49. The van der Waals surface area contributed by atoms with Gasteiger partial charge in [0.1, 0.15) is 12.6 Å². The van der Waals surface area contributed by atoms with Gasteiger partial charge in [-0.1, -0.05) is 12.1 Å². The molecule has 1 unspecified atom stereocenters. The van der Waals surface area contributed by atoms with Crippen molar-refractivity contribution in [2.75, 3.05) is 32.6 Å². The van der Waals surface area contributed by atoms with E-state index in [0.29, 0.717) is 46.5 Å². The number of anilines is 2. The van der Waals surface area contributed by atoms with Crippen LogP contribution in [0.2, 0.25) is 0 Å². The first-order chi connectivity index (χ1) is 20.8. The number of aromatic amines is 2. The number of fused-ring (bicyclic) bond motifs is 1. The van der Waals surface area contributed by atoms with Gasteiger partial charge in [-0.15, -0.1) is 15.3 Å². The molecule has 2 aromatic heterocycles. The number of quaternary nitrogens is 1. The number of H-pyrrole nitrogens is 2. The van der Waals surface area contributed by atoms with Crippen LogP contribution < -0.4 is 10.6 Å². The Labute approximate surface area is 248 Å². The smallest absolute Gasteiger partial charge is 0.416 e. The topological polar surface area (TPSA) is 158 Å². The molecule has 1 aliphatic heterocycles. The van der Waals surface area contributed by atoms with Crippen LogP contribution in [0.1, 0.15) is 41.0 Å². The summed E-state index contributed by atoms with van der Waals surface area (Å²) < 4.78 is 47.7. The van der Waals surface area contributed by atoms with E-state index in [9.17, 15) is 28.0 Å². The summed E-state index contributed by atoms with van der Waals surface area (Å²) in [5.41, 5.74) is 0.241. The molecule has 0 amide bonds. The minimum atomic E-state index is -4.63. The molecule has 0 saturated carbocycles. The second kappa shape index (κ2) is 11.4. The number of hydrogen-bond donors (Lipinski definition) is 2. The van der Waals surface area contributed by atoms with Gasteiger partial charge in [-0.3, -0.25) is 4.90 Å². The fraction of sp³-hybridized carbons (Fsp3) is 0.321. The highest BCUT2D eigenvalue weighted by Crippen LogP contribution is 2.43. The minimum absolute atomic E-state index is 0.0204. The van der Waals surface area contributed by atoms with Gasteiger partial charge in [0.25, 0.3) is 0 Å². The number of nitrogens with zero attached hydrogens (tertiary/aromatic N) is 8. The molecule has 13 nitrogen and oxygen atoms in total. The monoisotopic (exact) mass is 609 g/mol. The lowest BCUT2D eigenvalue weighted by Gasteiger charge is -2.36. The summed E-state index contributed by atoms with van der Waals surface area (Å²) in [7, 11) is 5.13. The standard InChI is InChI=1S/C28H27F3N10O3/c1-16-23(25(42)44-4)24(40-26(35-36-27(40)43)39(16)20-7-5-6-19(13-20)28(29,30)31)21-9-8-17(14-32)12-18(21)10-11-41(2,3)15-22-33-37-38-34-22/h5-9,12-13,24H,10-11,15H2,1-4H3,(H-,33,34,36,37,38,43)/p+1. The molecule has 16 heteroatoms. The van der Waals surface area contributed by atoms with Crippen LogP contribution in [0.15, 0.2) is 58.5 Å². The van der Waals surface area contributed by atoms with E-state index in [2.05, 4.69) is 36.9 Å². The van der Waals surface area contributed by atoms with Gasteiger partial charge in [-0.05, 0) is 53.6 Å². The molecular weight excluding hydrogens is 581 g/mol. The van der Waals surface area contributed by atoms with Gasteiger partial charge >= 0.3 is 17.8 Å². The minimum Gasteiger partial charge on any atom is -0.466 e. The fourth-order valence-corrected chi connectivity index (χ4v) is 5.37. The maximum atomic E-state index is 13.6. The first kappa shape index (κ1) is 30.2. The summed E-state index contributed by atoms with van der Waals surface area (Å²) in [4.78, 5) is 28.1. The zero-order chi connectivity index (χ0) is 31.8. The zero-order valence-electron chi connectivity index (χ0n) is 24.2. The fourth-order valence-electron chi connectivity index (χ4n) is 5.37. The average Bonchev–Trinajstić information content (AvgIpc) is 3.63. The first-order valence-electron chi connectivity index (χ1n) is 13.3. The molecular formula is C28H28F3N10O3+. The Morgan fingerprint density at radius 1 is 1.18 bits per heavy atom. The number of benzene rings is 2. The summed E-state index contributed by atoms with van der Waals surface area (Å²) >= 11 is 0. The number of hydrogen-bond acceptors (Lipinski definition) is 9. The number of methoxy groups -OCH3 is 1. The third-order valence-electron chi connectivity index (χ3n) is 7.49. The van der Waals surface area contributed by atoms with Crippen LogP contribution in [0.3, 0.4) is 0 Å². The Bertz CT molecular complexity index is 1830. The maximum absolute atomic E-state index is 13.6. The highest BCUT2D eigenvalue weighted by molar-refractivity contribution is 5.93. The molecule has 0 bridgehead atoms. The van der Waals surface area contributed by atoms with Crippen LogP contribution in [0.5, 0.6) is 0 Å². The van der Waals surface area contributed by atoms with Crippen LogP contribution in [-0.4, -0.2) is 73.6 Å². The summed E-state index contributed by atoms with van der Waals surface area (Å²) in [6.07, 6.45) is -4.21. The molecule has 0 saturated heterocycles. The highest BCUT2D eigenvalue weighted by atomic mass is 19.4. The number of allylic oxidation sites excluding steroid dienone is 1. The number of alkyl halides is 3. The second-order valence-corrected chi connectivity index (χ2v) is 10.9. The molecule has 1 atom stereocenters. The van der Waals surface area contributed by atoms with Crippen molar-refractivity contribution in [1.29, 1.82) is 5.26 Å². The summed E-state index contributed by atoms with van der Waals surface area (Å²) in [5.74, 6) is -0.288. The molecule has 228 valence electrons. The quantitative estimate of drug-likeness (QED) is 0.226. The van der Waals surface area contributed by atoms with Crippen molar-refractivity contribution in [1.82, 2.24) is 35.4 Å². The predicted octanol–water partition coefficient (Wildman–Crippen LogP) is 2.98. The molecule has 0 aliphatic carbocycles. The van der Waals surface area contributed by atoms with E-state index in [1.54, 1.807) is 25.1 Å². The SMILES string of the molecule is COC(=O)C1=C(C)N(c2cccc(C(F)(F)F)c2)c2n[nH]c(=O)n2C1c1ccc(C#N)cc1CC[N+](C)(C)Cc1nn[nH]n1. The highest BCUT2D eigenvalue weighted by Gasteiger charge is 2.41. The molecule has 0 radical (unpaired) electrons. The summed E-state index contributed by atoms with van der Waals surface area (Å²) in [5, 5.41) is 30.3. The lowest BCUT2D eigenvalue weighted by Crippen LogP contribution is -2.41. The second-order valence-electron chi connectivity index (χ2n) is 10.9. The van der Waals surface area contributed by atoms with Gasteiger partial charge in [-0.25, -0.2) is 19.3 Å². The summed E-state index contributed by atoms with van der Waals surface area (Å²) in [6, 6.07) is 10.5. The molecule has 5 rings (SSSR count).